The summed E-state index contributed by atoms with van der Waals surface area (Å²) in [7, 11) is 1.26. The molecule has 0 fully saturated rings. The van der Waals surface area contributed by atoms with Crippen LogP contribution in [0.25, 0.3) is 0 Å². The smallest absolute Gasteiger partial charge is 0.317 e. The molecule has 0 radical (unpaired) electrons. The highest BCUT2D eigenvalue weighted by Crippen LogP contribution is 1.99. The van der Waals surface area contributed by atoms with E-state index in [1.807, 2.05) is 0 Å². The van der Waals surface area contributed by atoms with Crippen LogP contribution < -0.4 is 5.32 Å². The first kappa shape index (κ1) is 14.6. The van der Waals surface area contributed by atoms with Gasteiger partial charge in [0.05, 0.1) is 6.54 Å². The number of nitrogens with zero attached hydrogens (tertiary/aromatic N) is 1. The predicted octanol–water partition coefficient (Wildman–Crippen LogP) is 1.15. The van der Waals surface area contributed by atoms with Gasteiger partial charge in [-0.2, -0.15) is 0 Å². The van der Waals surface area contributed by atoms with E-state index in [2.05, 4.69) is 5.32 Å². The summed E-state index contributed by atoms with van der Waals surface area (Å²) in [6, 6.07) is -0.984. The summed E-state index contributed by atoms with van der Waals surface area (Å²) in [5.74, 6) is -0.956. The molecule has 0 saturated carbocycles. The molecule has 0 aliphatic carbocycles. The highest BCUT2D eigenvalue weighted by Gasteiger charge is 2.15. The van der Waals surface area contributed by atoms with Crippen molar-refractivity contribution >= 4 is 12.0 Å². The van der Waals surface area contributed by atoms with Crippen LogP contribution in [0.2, 0.25) is 0 Å². The zero-order valence-corrected chi connectivity index (χ0v) is 9.24. The number of carbonyl (C=O) groups excluding carboxylic acids is 1. The van der Waals surface area contributed by atoms with Crippen molar-refractivity contribution in [2.45, 2.75) is 32.2 Å². The van der Waals surface area contributed by atoms with Crippen LogP contribution in [0.5, 0.6) is 0 Å². The second-order valence-corrected chi connectivity index (χ2v) is 3.55. The zero-order chi connectivity index (χ0) is 12.7. The number of carboxylic acid groups (broad SMARTS) is 1. The second-order valence-electron chi connectivity index (χ2n) is 3.55. The van der Waals surface area contributed by atoms with Crippen LogP contribution in [0.4, 0.5) is 13.6 Å². The Labute approximate surface area is 92.4 Å². The molecular weight excluding hydrogens is 222 g/mol. The predicted molar refractivity (Wildman–Crippen MR) is 53.5 cm³/mol. The molecule has 2 N–H and O–H groups in total. The number of rotatable bonds is 6. The van der Waals surface area contributed by atoms with Gasteiger partial charge in [-0.3, -0.25) is 4.79 Å². The Hall–Kier alpha value is -1.40. The van der Waals surface area contributed by atoms with E-state index >= 15 is 0 Å². The molecule has 5 nitrogen and oxygen atoms in total. The summed E-state index contributed by atoms with van der Waals surface area (Å²) < 4.78 is 23.9. The highest BCUT2D eigenvalue weighted by molar-refractivity contribution is 5.74. The largest absolute Gasteiger partial charge is 0.481 e. The van der Waals surface area contributed by atoms with E-state index in [4.69, 9.17) is 5.11 Å². The molecule has 0 aromatic carbocycles. The third-order valence-electron chi connectivity index (χ3n) is 1.92. The SMILES string of the molecule is CC(CCC(=O)O)NC(=O)N(C)CC(F)F. The molecule has 1 atom stereocenters. The molecule has 0 spiro atoms. The summed E-state index contributed by atoms with van der Waals surface area (Å²) in [6.45, 7) is 0.981. The van der Waals surface area contributed by atoms with Gasteiger partial charge in [-0.1, -0.05) is 0 Å². The fraction of sp³-hybridized carbons (Fsp3) is 0.778. The molecule has 0 saturated heterocycles. The number of amides is 2. The quantitative estimate of drug-likeness (QED) is 0.729. The number of carbonyl (C=O) groups is 2. The number of nitrogens with one attached hydrogen (secondary N) is 1. The van der Waals surface area contributed by atoms with Crippen LogP contribution in [0, 0.1) is 0 Å². The lowest BCUT2D eigenvalue weighted by molar-refractivity contribution is -0.137. The first-order chi connectivity index (χ1) is 7.32. The van der Waals surface area contributed by atoms with Crippen molar-refractivity contribution in [1.29, 1.82) is 0 Å². The average molecular weight is 238 g/mol. The van der Waals surface area contributed by atoms with E-state index in [9.17, 15) is 18.4 Å². The maximum absolute atomic E-state index is 11.9. The van der Waals surface area contributed by atoms with Gasteiger partial charge in [0.25, 0.3) is 6.43 Å². The van der Waals surface area contributed by atoms with E-state index in [-0.39, 0.29) is 18.9 Å². The minimum Gasteiger partial charge on any atom is -0.481 e. The molecule has 0 aliphatic heterocycles. The van der Waals surface area contributed by atoms with Crippen LogP contribution >= 0.6 is 0 Å². The first-order valence-electron chi connectivity index (χ1n) is 4.84. The number of halogens is 2. The number of urea groups is 1. The average Bonchev–Trinajstić information content (AvgIpc) is 2.13. The molecular formula is C9H16F2N2O3. The molecule has 0 aliphatic rings. The van der Waals surface area contributed by atoms with E-state index in [0.717, 1.165) is 4.90 Å². The van der Waals surface area contributed by atoms with Crippen molar-refractivity contribution in [3.8, 4) is 0 Å². The van der Waals surface area contributed by atoms with Gasteiger partial charge in [0.1, 0.15) is 0 Å². The molecule has 1 unspecified atom stereocenters. The van der Waals surface area contributed by atoms with Crippen molar-refractivity contribution in [3.63, 3.8) is 0 Å². The fourth-order valence-electron chi connectivity index (χ4n) is 1.02. The second kappa shape index (κ2) is 6.97. The fourth-order valence-corrected chi connectivity index (χ4v) is 1.02. The van der Waals surface area contributed by atoms with Gasteiger partial charge in [0.15, 0.2) is 0 Å². The van der Waals surface area contributed by atoms with Gasteiger partial charge in [-0.05, 0) is 13.3 Å². The van der Waals surface area contributed by atoms with Gasteiger partial charge >= 0.3 is 12.0 Å². The Balaban J connectivity index is 3.89. The van der Waals surface area contributed by atoms with Crippen LogP contribution in [0.15, 0.2) is 0 Å². The van der Waals surface area contributed by atoms with Gasteiger partial charge in [0, 0.05) is 19.5 Å². The van der Waals surface area contributed by atoms with E-state index in [1.54, 1.807) is 6.92 Å². The monoisotopic (exact) mass is 238 g/mol. The summed E-state index contributed by atoms with van der Waals surface area (Å²) in [5.41, 5.74) is 0. The maximum atomic E-state index is 11.9. The van der Waals surface area contributed by atoms with Crippen molar-refractivity contribution in [3.05, 3.63) is 0 Å². The number of alkyl halides is 2. The lowest BCUT2D eigenvalue weighted by Gasteiger charge is -2.20. The Bertz CT molecular complexity index is 249. The minimum atomic E-state index is -2.58. The Kier molecular flexibility index (Phi) is 6.36. The lowest BCUT2D eigenvalue weighted by Crippen LogP contribution is -2.43. The van der Waals surface area contributed by atoms with Gasteiger partial charge in [-0.15, -0.1) is 0 Å². The van der Waals surface area contributed by atoms with Crippen LogP contribution in [0.3, 0.4) is 0 Å². The van der Waals surface area contributed by atoms with Gasteiger partial charge in [-0.25, -0.2) is 13.6 Å². The van der Waals surface area contributed by atoms with Crippen LogP contribution in [0.1, 0.15) is 19.8 Å². The number of hydrogen-bond donors (Lipinski definition) is 2. The van der Waals surface area contributed by atoms with E-state index in [0.29, 0.717) is 0 Å². The molecule has 0 aromatic rings. The molecule has 16 heavy (non-hydrogen) atoms. The number of carboxylic acids is 1. The Morgan fingerprint density at radius 2 is 2.00 bits per heavy atom. The summed E-state index contributed by atoms with van der Waals surface area (Å²) in [6.07, 6.45) is -2.38. The molecule has 0 aromatic heterocycles. The van der Waals surface area contributed by atoms with Gasteiger partial charge < -0.3 is 15.3 Å². The zero-order valence-electron chi connectivity index (χ0n) is 9.24. The highest BCUT2D eigenvalue weighted by atomic mass is 19.3. The maximum Gasteiger partial charge on any atom is 0.317 e. The topological polar surface area (TPSA) is 69.6 Å². The van der Waals surface area contributed by atoms with Crippen molar-refractivity contribution < 1.29 is 23.5 Å². The molecule has 7 heteroatoms. The molecule has 0 bridgehead atoms. The molecule has 2 amide bonds. The van der Waals surface area contributed by atoms with Crippen molar-refractivity contribution in [2.24, 2.45) is 0 Å². The summed E-state index contributed by atoms with van der Waals surface area (Å²) >= 11 is 0. The third kappa shape index (κ3) is 6.97. The Morgan fingerprint density at radius 3 is 2.44 bits per heavy atom. The summed E-state index contributed by atoms with van der Waals surface area (Å²) in [5, 5.41) is 10.8. The summed E-state index contributed by atoms with van der Waals surface area (Å²) in [4.78, 5) is 22.4. The third-order valence-corrected chi connectivity index (χ3v) is 1.92. The normalized spacial score (nSPS) is 12.3. The van der Waals surface area contributed by atoms with Crippen LogP contribution in [-0.4, -0.2) is 48.1 Å². The minimum absolute atomic E-state index is 0.0694. The van der Waals surface area contributed by atoms with Crippen molar-refractivity contribution in [1.82, 2.24) is 10.2 Å². The van der Waals surface area contributed by atoms with Gasteiger partial charge in [0.2, 0.25) is 0 Å². The van der Waals surface area contributed by atoms with Crippen LogP contribution in [-0.2, 0) is 4.79 Å². The van der Waals surface area contributed by atoms with Crippen molar-refractivity contribution in [2.75, 3.05) is 13.6 Å². The molecule has 0 rings (SSSR count). The molecule has 94 valence electrons. The van der Waals surface area contributed by atoms with E-state index < -0.39 is 25.0 Å². The number of hydrogen-bond acceptors (Lipinski definition) is 2. The molecule has 0 heterocycles. The lowest BCUT2D eigenvalue weighted by atomic mass is 10.2. The van der Waals surface area contributed by atoms with E-state index in [1.165, 1.54) is 7.05 Å². The Morgan fingerprint density at radius 1 is 1.44 bits per heavy atom. The standard InChI is InChI=1S/C9H16F2N2O3/c1-6(3-4-8(14)15)12-9(16)13(2)5-7(10)11/h6-7H,3-5H2,1-2H3,(H,12,16)(H,14,15). The number of aliphatic carboxylic acids is 1. The first-order valence-corrected chi connectivity index (χ1v) is 4.84.